The van der Waals surface area contributed by atoms with Gasteiger partial charge in [-0.15, -0.1) is 0 Å². The Morgan fingerprint density at radius 2 is 2.15 bits per heavy atom. The van der Waals surface area contributed by atoms with E-state index in [9.17, 15) is 0 Å². The van der Waals surface area contributed by atoms with Gasteiger partial charge in [0.2, 0.25) is 0 Å². The Morgan fingerprint density at radius 1 is 1.40 bits per heavy atom. The fourth-order valence-electron chi connectivity index (χ4n) is 3.17. The lowest BCUT2D eigenvalue weighted by Gasteiger charge is -2.48. The van der Waals surface area contributed by atoms with Crippen molar-refractivity contribution in [1.29, 1.82) is 0 Å². The van der Waals surface area contributed by atoms with Crippen LogP contribution in [-0.2, 0) is 11.2 Å². The van der Waals surface area contributed by atoms with Gasteiger partial charge in [-0.3, -0.25) is 4.90 Å². The summed E-state index contributed by atoms with van der Waals surface area (Å²) in [5.41, 5.74) is 1.65. The Balaban J connectivity index is 2.13. The molecule has 1 saturated heterocycles. The van der Waals surface area contributed by atoms with Crippen molar-refractivity contribution in [3.8, 4) is 0 Å². The number of hydrogen-bond donors (Lipinski definition) is 1. The molecule has 2 unspecified atom stereocenters. The van der Waals surface area contributed by atoms with Crippen molar-refractivity contribution < 1.29 is 4.74 Å². The normalized spacial score (nSPS) is 21.6. The number of likely N-dealkylation sites (N-methyl/N-ethyl adjacent to an activating group) is 1. The molecule has 114 valence electrons. The van der Waals surface area contributed by atoms with Gasteiger partial charge in [-0.05, 0) is 48.7 Å². The highest BCUT2D eigenvalue weighted by molar-refractivity contribution is 7.07. The van der Waals surface area contributed by atoms with Gasteiger partial charge in [0.15, 0.2) is 0 Å². The molecule has 0 amide bonds. The standard InChI is InChI=1S/C16H28N2OS/c1-4-16(3,18-7-9-19-10-8-18)15(17-5-2)12-14-6-11-20-13-14/h6,11,13,15,17H,4-5,7-10,12H2,1-3H3. The molecule has 0 spiro atoms. The van der Waals surface area contributed by atoms with Gasteiger partial charge in [-0.25, -0.2) is 0 Å². The van der Waals surface area contributed by atoms with E-state index in [0.29, 0.717) is 6.04 Å². The molecule has 1 aromatic rings. The van der Waals surface area contributed by atoms with E-state index < -0.39 is 0 Å². The lowest BCUT2D eigenvalue weighted by molar-refractivity contribution is -0.0320. The molecule has 0 bridgehead atoms. The highest BCUT2D eigenvalue weighted by atomic mass is 32.1. The van der Waals surface area contributed by atoms with E-state index in [4.69, 9.17) is 4.74 Å². The van der Waals surface area contributed by atoms with Gasteiger partial charge >= 0.3 is 0 Å². The topological polar surface area (TPSA) is 24.5 Å². The third-order valence-corrected chi connectivity index (χ3v) is 5.40. The molecule has 2 atom stereocenters. The fraction of sp³-hybridized carbons (Fsp3) is 0.750. The van der Waals surface area contributed by atoms with Crippen LogP contribution in [0.15, 0.2) is 16.8 Å². The lowest BCUT2D eigenvalue weighted by atomic mass is 9.83. The van der Waals surface area contributed by atoms with Crippen molar-refractivity contribution >= 4 is 11.3 Å². The first kappa shape index (κ1) is 16.0. The molecule has 2 heterocycles. The van der Waals surface area contributed by atoms with E-state index in [2.05, 4.69) is 47.8 Å². The molecule has 0 radical (unpaired) electrons. The van der Waals surface area contributed by atoms with E-state index in [1.807, 2.05) is 0 Å². The molecular weight excluding hydrogens is 268 g/mol. The average Bonchev–Trinajstić information content (AvgIpc) is 3.00. The van der Waals surface area contributed by atoms with Gasteiger partial charge in [0.1, 0.15) is 0 Å². The van der Waals surface area contributed by atoms with Crippen molar-refractivity contribution in [2.75, 3.05) is 32.8 Å². The van der Waals surface area contributed by atoms with Crippen molar-refractivity contribution in [1.82, 2.24) is 10.2 Å². The fourth-order valence-corrected chi connectivity index (χ4v) is 3.85. The largest absolute Gasteiger partial charge is 0.379 e. The Labute approximate surface area is 127 Å². The second-order valence-corrected chi connectivity index (χ2v) is 6.54. The van der Waals surface area contributed by atoms with E-state index in [-0.39, 0.29) is 5.54 Å². The second-order valence-electron chi connectivity index (χ2n) is 5.76. The van der Waals surface area contributed by atoms with Gasteiger partial charge in [-0.1, -0.05) is 13.8 Å². The number of nitrogens with zero attached hydrogens (tertiary/aromatic N) is 1. The minimum absolute atomic E-state index is 0.196. The predicted octanol–water partition coefficient (Wildman–Crippen LogP) is 2.77. The minimum Gasteiger partial charge on any atom is -0.379 e. The maximum absolute atomic E-state index is 5.52. The average molecular weight is 296 g/mol. The van der Waals surface area contributed by atoms with E-state index in [0.717, 1.165) is 45.7 Å². The summed E-state index contributed by atoms with van der Waals surface area (Å²) in [5.74, 6) is 0. The van der Waals surface area contributed by atoms with Crippen LogP contribution in [0.1, 0.15) is 32.8 Å². The Bertz CT molecular complexity index is 376. The van der Waals surface area contributed by atoms with Crippen LogP contribution in [-0.4, -0.2) is 49.3 Å². The molecule has 1 N–H and O–H groups in total. The van der Waals surface area contributed by atoms with Gasteiger partial charge in [0.25, 0.3) is 0 Å². The van der Waals surface area contributed by atoms with Crippen LogP contribution >= 0.6 is 11.3 Å². The molecule has 2 rings (SSSR count). The quantitative estimate of drug-likeness (QED) is 0.837. The Kier molecular flexibility index (Phi) is 6.02. The monoisotopic (exact) mass is 296 g/mol. The number of thiophene rings is 1. The summed E-state index contributed by atoms with van der Waals surface area (Å²) in [6, 6.07) is 2.75. The minimum atomic E-state index is 0.196. The molecule has 0 aliphatic carbocycles. The smallest absolute Gasteiger partial charge is 0.0594 e. The SMILES string of the molecule is CCNC(Cc1ccsc1)C(C)(CC)N1CCOCC1. The predicted molar refractivity (Wildman–Crippen MR) is 86.6 cm³/mol. The third kappa shape index (κ3) is 3.61. The number of morpholine rings is 1. The number of rotatable bonds is 7. The number of hydrogen-bond acceptors (Lipinski definition) is 4. The van der Waals surface area contributed by atoms with Gasteiger partial charge in [0, 0.05) is 24.7 Å². The van der Waals surface area contributed by atoms with Crippen molar-refractivity contribution in [2.24, 2.45) is 0 Å². The number of nitrogens with one attached hydrogen (secondary N) is 1. The summed E-state index contributed by atoms with van der Waals surface area (Å²) in [6.07, 6.45) is 2.27. The molecule has 1 aromatic heterocycles. The van der Waals surface area contributed by atoms with Crippen LogP contribution < -0.4 is 5.32 Å². The van der Waals surface area contributed by atoms with Gasteiger partial charge in [-0.2, -0.15) is 11.3 Å². The van der Waals surface area contributed by atoms with E-state index >= 15 is 0 Å². The summed E-state index contributed by atoms with van der Waals surface area (Å²) >= 11 is 1.79. The van der Waals surface area contributed by atoms with Crippen LogP contribution in [0.3, 0.4) is 0 Å². The summed E-state index contributed by atoms with van der Waals surface area (Å²) in [6.45, 7) is 11.8. The Hall–Kier alpha value is -0.420. The molecule has 0 aromatic carbocycles. The van der Waals surface area contributed by atoms with E-state index in [1.165, 1.54) is 5.56 Å². The van der Waals surface area contributed by atoms with Crippen LogP contribution in [0.5, 0.6) is 0 Å². The molecule has 1 aliphatic heterocycles. The Morgan fingerprint density at radius 3 is 2.70 bits per heavy atom. The zero-order valence-corrected chi connectivity index (χ0v) is 13.8. The van der Waals surface area contributed by atoms with Crippen LogP contribution in [0, 0.1) is 0 Å². The summed E-state index contributed by atoms with van der Waals surface area (Å²) in [7, 11) is 0. The van der Waals surface area contributed by atoms with Gasteiger partial charge in [0.05, 0.1) is 13.2 Å². The maximum atomic E-state index is 5.52. The highest BCUT2D eigenvalue weighted by Gasteiger charge is 2.38. The zero-order chi connectivity index (χ0) is 14.4. The third-order valence-electron chi connectivity index (χ3n) is 4.67. The van der Waals surface area contributed by atoms with Crippen molar-refractivity contribution in [3.63, 3.8) is 0 Å². The molecule has 4 heteroatoms. The van der Waals surface area contributed by atoms with Crippen LogP contribution in [0.4, 0.5) is 0 Å². The van der Waals surface area contributed by atoms with Crippen LogP contribution in [0.2, 0.25) is 0 Å². The molecule has 20 heavy (non-hydrogen) atoms. The molecule has 1 fully saturated rings. The van der Waals surface area contributed by atoms with E-state index in [1.54, 1.807) is 11.3 Å². The first-order valence-corrected chi connectivity index (χ1v) is 8.72. The molecule has 3 nitrogen and oxygen atoms in total. The first-order chi connectivity index (χ1) is 9.70. The zero-order valence-electron chi connectivity index (χ0n) is 13.0. The highest BCUT2D eigenvalue weighted by Crippen LogP contribution is 2.27. The maximum Gasteiger partial charge on any atom is 0.0594 e. The second kappa shape index (κ2) is 7.55. The molecule has 0 saturated carbocycles. The molecule has 1 aliphatic rings. The van der Waals surface area contributed by atoms with Gasteiger partial charge < -0.3 is 10.1 Å². The van der Waals surface area contributed by atoms with Crippen LogP contribution in [0.25, 0.3) is 0 Å². The summed E-state index contributed by atoms with van der Waals surface area (Å²) in [4.78, 5) is 2.62. The number of ether oxygens (including phenoxy) is 1. The summed E-state index contributed by atoms with van der Waals surface area (Å²) < 4.78 is 5.52. The van der Waals surface area contributed by atoms with Crippen molar-refractivity contribution in [3.05, 3.63) is 22.4 Å². The summed E-state index contributed by atoms with van der Waals surface area (Å²) in [5, 5.41) is 8.19. The van der Waals surface area contributed by atoms with Crippen molar-refractivity contribution in [2.45, 2.75) is 45.2 Å². The first-order valence-electron chi connectivity index (χ1n) is 7.78. The molecular formula is C16H28N2OS. The lowest BCUT2D eigenvalue weighted by Crippen LogP contribution is -2.62.